The monoisotopic (exact) mass is 399 g/mol. The molecule has 28 heavy (non-hydrogen) atoms. The summed E-state index contributed by atoms with van der Waals surface area (Å²) in [5.74, 6) is -0.411. The minimum Gasteiger partial charge on any atom is -0.377 e. The molecule has 2 aromatic rings. The van der Waals surface area contributed by atoms with E-state index in [1.807, 2.05) is 25.1 Å². The van der Waals surface area contributed by atoms with Gasteiger partial charge in [0.15, 0.2) is 0 Å². The fourth-order valence-corrected chi connectivity index (χ4v) is 3.76. The summed E-state index contributed by atoms with van der Waals surface area (Å²) in [5, 5.41) is 6.38. The maximum atomic E-state index is 12.9. The van der Waals surface area contributed by atoms with Gasteiger partial charge in [0.1, 0.15) is 0 Å². The molecule has 0 atom stereocenters. The van der Waals surface area contributed by atoms with Crippen LogP contribution in [-0.2, 0) is 0 Å². The highest BCUT2D eigenvalue weighted by Crippen LogP contribution is 2.25. The quantitative estimate of drug-likeness (QED) is 0.764. The number of hydrogen-bond acceptors (Lipinski definition) is 3. The average Bonchev–Trinajstić information content (AvgIpc) is 2.68. The lowest BCUT2D eigenvalue weighted by Gasteiger charge is -2.24. The lowest BCUT2D eigenvalue weighted by molar-refractivity contribution is 0.0927. The number of carbonyl (C=O) groups is 2. The van der Waals surface area contributed by atoms with Gasteiger partial charge < -0.3 is 15.5 Å². The Balaban J connectivity index is 1.81. The van der Waals surface area contributed by atoms with Crippen molar-refractivity contribution >= 4 is 34.8 Å². The van der Waals surface area contributed by atoms with Gasteiger partial charge in [-0.3, -0.25) is 9.59 Å². The van der Waals surface area contributed by atoms with Crippen molar-refractivity contribution in [1.29, 1.82) is 0 Å². The summed E-state index contributed by atoms with van der Waals surface area (Å²) in [6.07, 6.45) is 5.58. The maximum Gasteiger partial charge on any atom is 0.257 e. The number of hydrogen-bond donors (Lipinski definition) is 2. The van der Waals surface area contributed by atoms with Crippen LogP contribution in [0.1, 0.15) is 52.8 Å². The summed E-state index contributed by atoms with van der Waals surface area (Å²) in [5.41, 5.74) is 2.31. The van der Waals surface area contributed by atoms with Crippen LogP contribution in [0.2, 0.25) is 5.02 Å². The average molecular weight is 400 g/mol. The molecule has 3 rings (SSSR count). The number of nitrogens with one attached hydrogen (secondary N) is 2. The van der Waals surface area contributed by atoms with Gasteiger partial charge in [0.05, 0.1) is 16.1 Å². The summed E-state index contributed by atoms with van der Waals surface area (Å²) < 4.78 is 0. The zero-order valence-corrected chi connectivity index (χ0v) is 17.1. The van der Waals surface area contributed by atoms with Crippen LogP contribution >= 0.6 is 11.6 Å². The Morgan fingerprint density at radius 2 is 1.68 bits per heavy atom. The van der Waals surface area contributed by atoms with Gasteiger partial charge in [-0.2, -0.15) is 0 Å². The van der Waals surface area contributed by atoms with Crippen LogP contribution < -0.4 is 15.5 Å². The highest BCUT2D eigenvalue weighted by atomic mass is 35.5. The molecule has 0 aromatic heterocycles. The smallest absolute Gasteiger partial charge is 0.257 e. The molecule has 2 amide bonds. The van der Waals surface area contributed by atoms with Crippen molar-refractivity contribution in [2.45, 2.75) is 38.1 Å². The molecule has 1 aliphatic rings. The van der Waals surface area contributed by atoms with Crippen molar-refractivity contribution in [3.63, 3.8) is 0 Å². The molecule has 5 nitrogen and oxygen atoms in total. The van der Waals surface area contributed by atoms with Gasteiger partial charge in [-0.1, -0.05) is 43.0 Å². The molecule has 0 radical (unpaired) electrons. The largest absolute Gasteiger partial charge is 0.377 e. The van der Waals surface area contributed by atoms with Gasteiger partial charge in [-0.05, 0) is 43.2 Å². The fraction of sp³-hybridized carbons (Fsp3) is 0.364. The first-order valence-corrected chi connectivity index (χ1v) is 10.0. The second kappa shape index (κ2) is 9.11. The van der Waals surface area contributed by atoms with Gasteiger partial charge >= 0.3 is 0 Å². The Hall–Kier alpha value is -2.53. The van der Waals surface area contributed by atoms with E-state index in [1.54, 1.807) is 36.4 Å². The van der Waals surface area contributed by atoms with Gasteiger partial charge in [0.25, 0.3) is 11.8 Å². The van der Waals surface area contributed by atoms with Crippen molar-refractivity contribution in [3.05, 3.63) is 58.6 Å². The van der Waals surface area contributed by atoms with Crippen LogP contribution in [0.15, 0.2) is 42.5 Å². The number of benzene rings is 2. The number of anilines is 2. The Bertz CT molecular complexity index is 861. The zero-order valence-electron chi connectivity index (χ0n) is 16.3. The van der Waals surface area contributed by atoms with Gasteiger partial charge in [0, 0.05) is 31.5 Å². The predicted molar refractivity (Wildman–Crippen MR) is 115 cm³/mol. The van der Waals surface area contributed by atoms with Crippen LogP contribution in [0.5, 0.6) is 0 Å². The van der Waals surface area contributed by atoms with Gasteiger partial charge in [-0.15, -0.1) is 0 Å². The Kier molecular flexibility index (Phi) is 6.57. The number of amides is 2. The summed E-state index contributed by atoms with van der Waals surface area (Å²) in [6, 6.07) is 12.5. The van der Waals surface area contributed by atoms with E-state index in [0.29, 0.717) is 21.8 Å². The molecule has 0 aliphatic heterocycles. The molecule has 2 aromatic carbocycles. The summed E-state index contributed by atoms with van der Waals surface area (Å²) in [4.78, 5) is 27.4. The summed E-state index contributed by atoms with van der Waals surface area (Å²) in [7, 11) is 3.80. The van der Waals surface area contributed by atoms with Gasteiger partial charge in [0.2, 0.25) is 0 Å². The Morgan fingerprint density at radius 3 is 2.36 bits per heavy atom. The highest BCUT2D eigenvalue weighted by Gasteiger charge is 2.20. The van der Waals surface area contributed by atoms with E-state index < -0.39 is 0 Å². The number of nitrogens with zero attached hydrogens (tertiary/aromatic N) is 1. The SMILES string of the molecule is CN(C)c1ccc(NC(=O)c2ccccc2Cl)cc1C(=O)NC1CCCCC1. The van der Waals surface area contributed by atoms with E-state index in [9.17, 15) is 9.59 Å². The number of halogens is 1. The third-order valence-electron chi connectivity index (χ3n) is 5.04. The Labute approximate surface area is 171 Å². The normalized spacial score (nSPS) is 14.4. The zero-order chi connectivity index (χ0) is 20.1. The van der Waals surface area contributed by atoms with Crippen LogP contribution in [0.4, 0.5) is 11.4 Å². The van der Waals surface area contributed by atoms with Gasteiger partial charge in [-0.25, -0.2) is 0 Å². The van der Waals surface area contributed by atoms with E-state index in [-0.39, 0.29) is 17.9 Å². The first kappa shape index (κ1) is 20.2. The third kappa shape index (κ3) is 4.84. The molecule has 2 N–H and O–H groups in total. The first-order valence-electron chi connectivity index (χ1n) is 9.64. The first-order chi connectivity index (χ1) is 13.5. The van der Waals surface area contributed by atoms with Crippen LogP contribution in [0, 0.1) is 0 Å². The van der Waals surface area contributed by atoms with E-state index in [2.05, 4.69) is 10.6 Å². The molecule has 148 valence electrons. The minimum atomic E-state index is -0.304. The topological polar surface area (TPSA) is 61.4 Å². The third-order valence-corrected chi connectivity index (χ3v) is 5.37. The second-order valence-corrected chi connectivity index (χ2v) is 7.78. The van der Waals surface area contributed by atoms with E-state index in [0.717, 1.165) is 31.4 Å². The molecule has 6 heteroatoms. The molecular weight excluding hydrogens is 374 g/mol. The molecular formula is C22H26ClN3O2. The molecule has 0 heterocycles. The van der Waals surface area contributed by atoms with Crippen molar-refractivity contribution in [3.8, 4) is 0 Å². The molecule has 1 aliphatic carbocycles. The summed E-state index contributed by atoms with van der Waals surface area (Å²) in [6.45, 7) is 0. The summed E-state index contributed by atoms with van der Waals surface area (Å²) >= 11 is 6.11. The van der Waals surface area contributed by atoms with E-state index in [1.165, 1.54) is 6.42 Å². The predicted octanol–water partition coefficient (Wildman–Crippen LogP) is 4.72. The Morgan fingerprint density at radius 1 is 0.964 bits per heavy atom. The molecule has 0 spiro atoms. The highest BCUT2D eigenvalue weighted by molar-refractivity contribution is 6.34. The van der Waals surface area contributed by atoms with Crippen LogP contribution in [0.25, 0.3) is 0 Å². The molecule has 0 unspecified atom stereocenters. The molecule has 1 fully saturated rings. The van der Waals surface area contributed by atoms with Crippen LogP contribution in [0.3, 0.4) is 0 Å². The maximum absolute atomic E-state index is 12.9. The van der Waals surface area contributed by atoms with E-state index >= 15 is 0 Å². The van der Waals surface area contributed by atoms with Crippen molar-refractivity contribution in [2.75, 3.05) is 24.3 Å². The lowest BCUT2D eigenvalue weighted by Crippen LogP contribution is -2.36. The lowest BCUT2D eigenvalue weighted by atomic mass is 9.95. The van der Waals surface area contributed by atoms with Crippen molar-refractivity contribution < 1.29 is 9.59 Å². The standard InChI is InChI=1S/C22H26ClN3O2/c1-26(2)20-13-12-16(25-21(27)17-10-6-7-11-19(17)23)14-18(20)22(28)24-15-8-4-3-5-9-15/h6-7,10-15H,3-5,8-9H2,1-2H3,(H,24,28)(H,25,27). The fourth-order valence-electron chi connectivity index (χ4n) is 3.54. The molecule has 0 saturated heterocycles. The van der Waals surface area contributed by atoms with Crippen molar-refractivity contribution in [1.82, 2.24) is 5.32 Å². The van der Waals surface area contributed by atoms with E-state index in [4.69, 9.17) is 11.6 Å². The second-order valence-electron chi connectivity index (χ2n) is 7.37. The number of carbonyl (C=O) groups excluding carboxylic acids is 2. The number of rotatable bonds is 5. The van der Waals surface area contributed by atoms with Crippen LogP contribution in [-0.4, -0.2) is 32.0 Å². The molecule has 1 saturated carbocycles. The van der Waals surface area contributed by atoms with Crippen molar-refractivity contribution in [2.24, 2.45) is 0 Å². The molecule has 0 bridgehead atoms. The minimum absolute atomic E-state index is 0.107.